The molecule has 6 heteroatoms. The molecular formula is C12H12N2O4. The highest BCUT2D eigenvalue weighted by molar-refractivity contribution is 6.36. The Morgan fingerprint density at radius 2 is 2.06 bits per heavy atom. The van der Waals surface area contributed by atoms with Crippen LogP contribution in [0.25, 0.3) is 0 Å². The van der Waals surface area contributed by atoms with Gasteiger partial charge in [0.2, 0.25) is 6.10 Å². The molecule has 1 aliphatic heterocycles. The number of amides is 1. The molecule has 0 aliphatic carbocycles. The van der Waals surface area contributed by atoms with Crippen LogP contribution in [0, 0.1) is 0 Å². The number of oxime groups is 1. The molecule has 1 N–H and O–H groups in total. The van der Waals surface area contributed by atoms with Crippen LogP contribution in [0.3, 0.4) is 0 Å². The third-order valence-corrected chi connectivity index (χ3v) is 2.67. The Morgan fingerprint density at radius 3 is 2.61 bits per heavy atom. The van der Waals surface area contributed by atoms with Gasteiger partial charge in [0, 0.05) is 19.2 Å². The first-order valence-corrected chi connectivity index (χ1v) is 5.38. The van der Waals surface area contributed by atoms with Crippen LogP contribution in [0.1, 0.15) is 6.42 Å². The zero-order valence-electron chi connectivity index (χ0n) is 9.74. The maximum Gasteiger partial charge on any atom is 0.353 e. The molecule has 0 bridgehead atoms. The Bertz CT molecular complexity index is 498. The number of aliphatic carboxylic acids is 1. The number of anilines is 1. The average molecular weight is 248 g/mol. The normalized spacial score (nSPS) is 17.8. The largest absolute Gasteiger partial charge is 0.477 e. The quantitative estimate of drug-likeness (QED) is 0.861. The molecule has 1 aliphatic rings. The number of para-hydroxylation sites is 1. The Kier molecular flexibility index (Phi) is 3.27. The SMILES string of the molecule is CN(C(=O)C1CC(C(=O)O)=NO1)c1ccccc1. The first-order chi connectivity index (χ1) is 8.59. The van der Waals surface area contributed by atoms with Crippen LogP contribution in [-0.4, -0.2) is 35.8 Å². The lowest BCUT2D eigenvalue weighted by atomic mass is 10.1. The summed E-state index contributed by atoms with van der Waals surface area (Å²) >= 11 is 0. The number of carbonyl (C=O) groups is 2. The highest BCUT2D eigenvalue weighted by Crippen LogP contribution is 2.18. The zero-order valence-corrected chi connectivity index (χ0v) is 9.74. The molecule has 6 nitrogen and oxygen atoms in total. The number of carbonyl (C=O) groups excluding carboxylic acids is 1. The third kappa shape index (κ3) is 2.32. The summed E-state index contributed by atoms with van der Waals surface area (Å²) in [5.41, 5.74) is 0.588. The van der Waals surface area contributed by atoms with E-state index in [0.29, 0.717) is 0 Å². The van der Waals surface area contributed by atoms with Crippen LogP contribution in [0.15, 0.2) is 35.5 Å². The lowest BCUT2D eigenvalue weighted by Crippen LogP contribution is -2.36. The van der Waals surface area contributed by atoms with E-state index in [0.717, 1.165) is 5.69 Å². The van der Waals surface area contributed by atoms with Crippen molar-refractivity contribution in [1.82, 2.24) is 0 Å². The minimum atomic E-state index is -1.16. The van der Waals surface area contributed by atoms with Crippen molar-refractivity contribution in [3.63, 3.8) is 0 Å². The first-order valence-electron chi connectivity index (χ1n) is 5.38. The Hall–Kier alpha value is -2.37. The fraction of sp³-hybridized carbons (Fsp3) is 0.250. The number of hydrogen-bond acceptors (Lipinski definition) is 4. The van der Waals surface area contributed by atoms with Gasteiger partial charge in [-0.3, -0.25) is 4.79 Å². The maximum absolute atomic E-state index is 12.0. The van der Waals surface area contributed by atoms with E-state index in [-0.39, 0.29) is 18.0 Å². The smallest absolute Gasteiger partial charge is 0.353 e. The van der Waals surface area contributed by atoms with E-state index in [1.807, 2.05) is 18.2 Å². The number of nitrogens with zero attached hydrogens (tertiary/aromatic N) is 2. The summed E-state index contributed by atoms with van der Waals surface area (Å²) in [6.45, 7) is 0. The van der Waals surface area contributed by atoms with Gasteiger partial charge in [-0.05, 0) is 12.1 Å². The van der Waals surface area contributed by atoms with Gasteiger partial charge in [0.25, 0.3) is 5.91 Å². The number of hydrogen-bond donors (Lipinski definition) is 1. The predicted molar refractivity (Wildman–Crippen MR) is 64.4 cm³/mol. The Labute approximate surface area is 103 Å². The standard InChI is InChI=1S/C12H12N2O4/c1-14(8-5-3-2-4-6-8)11(15)10-7-9(12(16)17)13-18-10/h2-6,10H,7H2,1H3,(H,16,17). The molecule has 1 aromatic carbocycles. The van der Waals surface area contributed by atoms with Gasteiger partial charge >= 0.3 is 5.97 Å². The van der Waals surface area contributed by atoms with E-state index < -0.39 is 12.1 Å². The maximum atomic E-state index is 12.0. The number of carboxylic acid groups (broad SMARTS) is 1. The minimum Gasteiger partial charge on any atom is -0.477 e. The highest BCUT2D eigenvalue weighted by Gasteiger charge is 2.33. The highest BCUT2D eigenvalue weighted by atomic mass is 16.6. The molecule has 1 aromatic rings. The predicted octanol–water partition coefficient (Wildman–Crippen LogP) is 0.879. The molecule has 1 unspecified atom stereocenters. The van der Waals surface area contributed by atoms with Crippen molar-refractivity contribution in [2.75, 3.05) is 11.9 Å². The van der Waals surface area contributed by atoms with Gasteiger partial charge in [0.1, 0.15) is 0 Å². The van der Waals surface area contributed by atoms with Crippen LogP contribution in [0.4, 0.5) is 5.69 Å². The van der Waals surface area contributed by atoms with Gasteiger partial charge in [0.15, 0.2) is 5.71 Å². The second-order valence-electron chi connectivity index (χ2n) is 3.87. The van der Waals surface area contributed by atoms with Gasteiger partial charge in [-0.2, -0.15) is 0 Å². The number of rotatable bonds is 3. The van der Waals surface area contributed by atoms with Crippen molar-refractivity contribution < 1.29 is 19.5 Å². The fourth-order valence-electron chi connectivity index (χ4n) is 1.63. The summed E-state index contributed by atoms with van der Waals surface area (Å²) in [5, 5.41) is 12.1. The van der Waals surface area contributed by atoms with Crippen molar-refractivity contribution in [2.24, 2.45) is 5.16 Å². The molecule has 0 aromatic heterocycles. The van der Waals surface area contributed by atoms with E-state index in [2.05, 4.69) is 5.16 Å². The molecular weight excluding hydrogens is 236 g/mol. The van der Waals surface area contributed by atoms with E-state index in [9.17, 15) is 9.59 Å². The molecule has 0 saturated carbocycles. The van der Waals surface area contributed by atoms with Crippen LogP contribution in [0.5, 0.6) is 0 Å². The molecule has 0 spiro atoms. The van der Waals surface area contributed by atoms with Gasteiger partial charge in [-0.15, -0.1) is 0 Å². The number of benzene rings is 1. The molecule has 1 heterocycles. The summed E-state index contributed by atoms with van der Waals surface area (Å²) in [5.74, 6) is -1.48. The summed E-state index contributed by atoms with van der Waals surface area (Å²) in [6.07, 6.45) is -0.868. The number of likely N-dealkylation sites (N-methyl/N-ethyl adjacent to an activating group) is 1. The molecule has 1 amide bonds. The summed E-state index contributed by atoms with van der Waals surface area (Å²) in [7, 11) is 1.61. The molecule has 18 heavy (non-hydrogen) atoms. The van der Waals surface area contributed by atoms with Crippen molar-refractivity contribution in [3.8, 4) is 0 Å². The van der Waals surface area contributed by atoms with Gasteiger partial charge in [-0.25, -0.2) is 4.79 Å². The molecule has 94 valence electrons. The first kappa shape index (κ1) is 12.1. The van der Waals surface area contributed by atoms with Crippen LogP contribution in [-0.2, 0) is 14.4 Å². The van der Waals surface area contributed by atoms with Gasteiger partial charge in [-0.1, -0.05) is 23.4 Å². The van der Waals surface area contributed by atoms with Crippen LogP contribution in [0.2, 0.25) is 0 Å². The topological polar surface area (TPSA) is 79.2 Å². The van der Waals surface area contributed by atoms with E-state index in [1.165, 1.54) is 4.90 Å². The van der Waals surface area contributed by atoms with E-state index in [1.54, 1.807) is 19.2 Å². The molecule has 1 atom stereocenters. The molecule has 2 rings (SSSR count). The fourth-order valence-corrected chi connectivity index (χ4v) is 1.63. The van der Waals surface area contributed by atoms with Crippen LogP contribution >= 0.6 is 0 Å². The Morgan fingerprint density at radius 1 is 1.39 bits per heavy atom. The van der Waals surface area contributed by atoms with Gasteiger partial charge in [0.05, 0.1) is 0 Å². The van der Waals surface area contributed by atoms with Crippen LogP contribution < -0.4 is 4.90 Å². The summed E-state index contributed by atoms with van der Waals surface area (Å²) < 4.78 is 0. The monoisotopic (exact) mass is 248 g/mol. The van der Waals surface area contributed by atoms with Crippen molar-refractivity contribution in [3.05, 3.63) is 30.3 Å². The van der Waals surface area contributed by atoms with Gasteiger partial charge < -0.3 is 14.8 Å². The number of carboxylic acids is 1. The Balaban J connectivity index is 2.04. The molecule has 0 fully saturated rings. The second-order valence-corrected chi connectivity index (χ2v) is 3.87. The van der Waals surface area contributed by atoms with E-state index in [4.69, 9.17) is 9.94 Å². The average Bonchev–Trinajstić information content (AvgIpc) is 2.88. The van der Waals surface area contributed by atoms with Crippen molar-refractivity contribution >= 4 is 23.3 Å². The second kappa shape index (κ2) is 4.87. The minimum absolute atomic E-state index is 0.00859. The third-order valence-electron chi connectivity index (χ3n) is 2.67. The summed E-state index contributed by atoms with van der Waals surface area (Å²) in [6, 6.07) is 9.04. The van der Waals surface area contributed by atoms with Crippen molar-refractivity contribution in [2.45, 2.75) is 12.5 Å². The lowest BCUT2D eigenvalue weighted by molar-refractivity contribution is -0.129. The lowest BCUT2D eigenvalue weighted by Gasteiger charge is -2.19. The summed E-state index contributed by atoms with van der Waals surface area (Å²) in [4.78, 5) is 29.0. The molecule has 0 saturated heterocycles. The zero-order chi connectivity index (χ0) is 13.1. The van der Waals surface area contributed by atoms with Crippen molar-refractivity contribution in [1.29, 1.82) is 0 Å². The van der Waals surface area contributed by atoms with E-state index >= 15 is 0 Å². The molecule has 0 radical (unpaired) electrons.